The molecule has 1 heterocycles. The van der Waals surface area contributed by atoms with Crippen LogP contribution in [0.5, 0.6) is 0 Å². The summed E-state index contributed by atoms with van der Waals surface area (Å²) in [5, 5.41) is 10.2. The minimum Gasteiger partial charge on any atom is -0.393 e. The lowest BCUT2D eigenvalue weighted by atomic mass is 9.78. The molecule has 2 nitrogen and oxygen atoms in total. The highest BCUT2D eigenvalue weighted by Gasteiger charge is 2.33. The number of hydrogen-bond donors (Lipinski definition) is 1. The van der Waals surface area contributed by atoms with Gasteiger partial charge < -0.3 is 10.0 Å². The van der Waals surface area contributed by atoms with Gasteiger partial charge in [0.15, 0.2) is 0 Å². The Morgan fingerprint density at radius 1 is 1.11 bits per heavy atom. The largest absolute Gasteiger partial charge is 0.393 e. The van der Waals surface area contributed by atoms with E-state index >= 15 is 0 Å². The summed E-state index contributed by atoms with van der Waals surface area (Å²) < 4.78 is 0. The van der Waals surface area contributed by atoms with Crippen molar-refractivity contribution < 1.29 is 5.11 Å². The maximum atomic E-state index is 10.2. The summed E-state index contributed by atoms with van der Waals surface area (Å²) in [7, 11) is 0. The number of nitrogens with zero attached hydrogens (tertiary/aromatic N) is 1. The molecular weight excluding hydrogens is 222 g/mol. The van der Waals surface area contributed by atoms with Crippen molar-refractivity contribution in [2.45, 2.75) is 77.9 Å². The fourth-order valence-electron chi connectivity index (χ4n) is 3.73. The van der Waals surface area contributed by atoms with Crippen molar-refractivity contribution in [3.05, 3.63) is 0 Å². The molecule has 0 aromatic carbocycles. The van der Waals surface area contributed by atoms with E-state index in [-0.39, 0.29) is 11.5 Å². The van der Waals surface area contributed by atoms with Crippen molar-refractivity contribution >= 4 is 0 Å². The molecule has 3 atom stereocenters. The highest BCUT2D eigenvalue weighted by Crippen LogP contribution is 2.35. The summed E-state index contributed by atoms with van der Waals surface area (Å²) in [6.07, 6.45) is 9.29. The van der Waals surface area contributed by atoms with E-state index in [9.17, 15) is 5.11 Å². The molecule has 106 valence electrons. The number of hydrogen-bond acceptors (Lipinski definition) is 2. The van der Waals surface area contributed by atoms with Crippen LogP contribution in [0.2, 0.25) is 0 Å². The van der Waals surface area contributed by atoms with Gasteiger partial charge in [0.2, 0.25) is 0 Å². The lowest BCUT2D eigenvalue weighted by Gasteiger charge is -2.44. The molecule has 1 saturated carbocycles. The monoisotopic (exact) mass is 253 g/mol. The van der Waals surface area contributed by atoms with E-state index in [0.717, 1.165) is 24.9 Å². The summed E-state index contributed by atoms with van der Waals surface area (Å²) in [5.41, 5.74) is 0.0295. The van der Waals surface area contributed by atoms with Gasteiger partial charge in [-0.3, -0.25) is 0 Å². The first-order valence-corrected chi connectivity index (χ1v) is 7.90. The number of aliphatic hydroxyl groups excluding tert-OH is 1. The molecule has 0 aromatic heterocycles. The Labute approximate surface area is 113 Å². The third kappa shape index (κ3) is 3.48. The van der Waals surface area contributed by atoms with E-state index in [1.807, 2.05) is 0 Å². The maximum Gasteiger partial charge on any atom is 0.0600 e. The Balaban J connectivity index is 1.84. The SMILES string of the molecule is CC(C)(C)C(O)CCN1CCCC2CCCCC21. The minimum absolute atomic E-state index is 0.0295. The summed E-state index contributed by atoms with van der Waals surface area (Å²) in [6, 6.07) is 0.833. The van der Waals surface area contributed by atoms with Gasteiger partial charge in [-0.25, -0.2) is 0 Å². The van der Waals surface area contributed by atoms with Crippen LogP contribution in [-0.2, 0) is 0 Å². The number of aliphatic hydroxyl groups is 1. The zero-order valence-corrected chi connectivity index (χ0v) is 12.5. The van der Waals surface area contributed by atoms with Gasteiger partial charge in [0, 0.05) is 12.6 Å². The molecule has 1 N–H and O–H groups in total. The molecule has 2 fully saturated rings. The highest BCUT2D eigenvalue weighted by molar-refractivity contribution is 4.88. The number of piperidine rings is 1. The first-order chi connectivity index (χ1) is 8.48. The molecule has 0 radical (unpaired) electrons. The van der Waals surface area contributed by atoms with Crippen molar-refractivity contribution in [2.75, 3.05) is 13.1 Å². The van der Waals surface area contributed by atoms with Gasteiger partial charge in [-0.1, -0.05) is 33.6 Å². The molecule has 0 aromatic rings. The van der Waals surface area contributed by atoms with Crippen LogP contribution in [0.4, 0.5) is 0 Å². The molecule has 18 heavy (non-hydrogen) atoms. The van der Waals surface area contributed by atoms with Crippen molar-refractivity contribution in [1.29, 1.82) is 0 Å². The molecule has 2 rings (SSSR count). The van der Waals surface area contributed by atoms with Crippen LogP contribution in [0.3, 0.4) is 0 Å². The highest BCUT2D eigenvalue weighted by atomic mass is 16.3. The second-order valence-electron chi connectivity index (χ2n) is 7.46. The smallest absolute Gasteiger partial charge is 0.0600 e. The van der Waals surface area contributed by atoms with Gasteiger partial charge in [-0.15, -0.1) is 0 Å². The molecule has 0 bridgehead atoms. The molecule has 1 saturated heterocycles. The zero-order valence-electron chi connectivity index (χ0n) is 12.5. The van der Waals surface area contributed by atoms with Gasteiger partial charge in [-0.2, -0.15) is 0 Å². The van der Waals surface area contributed by atoms with E-state index < -0.39 is 0 Å². The van der Waals surface area contributed by atoms with E-state index in [0.29, 0.717) is 0 Å². The molecule has 1 aliphatic heterocycles. The minimum atomic E-state index is -0.165. The molecule has 3 unspecified atom stereocenters. The molecule has 0 amide bonds. The second-order valence-corrected chi connectivity index (χ2v) is 7.46. The summed E-state index contributed by atoms with van der Waals surface area (Å²) in [4.78, 5) is 2.68. The first-order valence-electron chi connectivity index (χ1n) is 7.90. The standard InChI is InChI=1S/C16H31NO/c1-16(2,3)15(18)10-12-17-11-6-8-13-7-4-5-9-14(13)17/h13-15,18H,4-12H2,1-3H3. The Kier molecular flexibility index (Phi) is 4.71. The molecule has 2 heteroatoms. The van der Waals surface area contributed by atoms with E-state index in [2.05, 4.69) is 25.7 Å². The lowest BCUT2D eigenvalue weighted by Crippen LogP contribution is -2.48. The molecule has 0 spiro atoms. The van der Waals surface area contributed by atoms with E-state index in [1.165, 1.54) is 45.1 Å². The number of fused-ring (bicyclic) bond motifs is 1. The van der Waals surface area contributed by atoms with Gasteiger partial charge in [0.1, 0.15) is 0 Å². The van der Waals surface area contributed by atoms with E-state index in [4.69, 9.17) is 0 Å². The van der Waals surface area contributed by atoms with Crippen molar-refractivity contribution in [3.8, 4) is 0 Å². The molecule has 2 aliphatic rings. The summed E-state index contributed by atoms with van der Waals surface area (Å²) in [6.45, 7) is 8.77. The Morgan fingerprint density at radius 3 is 2.50 bits per heavy atom. The predicted octanol–water partition coefficient (Wildman–Crippen LogP) is 3.44. The zero-order chi connectivity index (χ0) is 13.2. The first kappa shape index (κ1) is 14.3. The van der Waals surface area contributed by atoms with Crippen LogP contribution in [0, 0.1) is 11.3 Å². The van der Waals surface area contributed by atoms with Crippen LogP contribution in [0.1, 0.15) is 65.7 Å². The third-order valence-corrected chi connectivity index (χ3v) is 5.05. The van der Waals surface area contributed by atoms with Gasteiger partial charge in [0.25, 0.3) is 0 Å². The third-order valence-electron chi connectivity index (χ3n) is 5.05. The van der Waals surface area contributed by atoms with Crippen LogP contribution in [0.15, 0.2) is 0 Å². The average molecular weight is 253 g/mol. The average Bonchev–Trinajstić information content (AvgIpc) is 2.34. The molecular formula is C16H31NO. The lowest BCUT2D eigenvalue weighted by molar-refractivity contribution is 0.0164. The fraction of sp³-hybridized carbons (Fsp3) is 1.00. The number of likely N-dealkylation sites (tertiary alicyclic amines) is 1. The van der Waals surface area contributed by atoms with Crippen LogP contribution in [0.25, 0.3) is 0 Å². The van der Waals surface area contributed by atoms with Crippen LogP contribution in [-0.4, -0.2) is 35.2 Å². The van der Waals surface area contributed by atoms with Gasteiger partial charge >= 0.3 is 0 Å². The van der Waals surface area contributed by atoms with Crippen molar-refractivity contribution in [1.82, 2.24) is 4.90 Å². The van der Waals surface area contributed by atoms with Gasteiger partial charge in [0.05, 0.1) is 6.10 Å². The summed E-state index contributed by atoms with van der Waals surface area (Å²) >= 11 is 0. The van der Waals surface area contributed by atoms with Crippen molar-refractivity contribution in [2.24, 2.45) is 11.3 Å². The normalized spacial score (nSPS) is 32.0. The maximum absolute atomic E-state index is 10.2. The fourth-order valence-corrected chi connectivity index (χ4v) is 3.73. The second kappa shape index (κ2) is 5.92. The van der Waals surface area contributed by atoms with Crippen LogP contribution >= 0.6 is 0 Å². The Hall–Kier alpha value is -0.0800. The Bertz CT molecular complexity index is 256. The van der Waals surface area contributed by atoms with Gasteiger partial charge in [-0.05, 0) is 50.0 Å². The predicted molar refractivity (Wildman–Crippen MR) is 76.6 cm³/mol. The van der Waals surface area contributed by atoms with E-state index in [1.54, 1.807) is 0 Å². The summed E-state index contributed by atoms with van der Waals surface area (Å²) in [5.74, 6) is 0.958. The van der Waals surface area contributed by atoms with Crippen molar-refractivity contribution in [3.63, 3.8) is 0 Å². The molecule has 1 aliphatic carbocycles. The quantitative estimate of drug-likeness (QED) is 0.833. The van der Waals surface area contributed by atoms with Crippen LogP contribution < -0.4 is 0 Å². The number of rotatable bonds is 3. The topological polar surface area (TPSA) is 23.5 Å². The Morgan fingerprint density at radius 2 is 1.78 bits per heavy atom.